The second-order valence-corrected chi connectivity index (χ2v) is 8.04. The first-order chi connectivity index (χ1) is 13.5. The van der Waals surface area contributed by atoms with E-state index in [0.717, 1.165) is 27.2 Å². The summed E-state index contributed by atoms with van der Waals surface area (Å²) in [7, 11) is 0. The fourth-order valence-electron chi connectivity index (χ4n) is 3.29. The normalized spacial score (nSPS) is 16.7. The number of amides is 2. The van der Waals surface area contributed by atoms with Crippen molar-refractivity contribution in [1.29, 1.82) is 0 Å². The first-order valence-electron chi connectivity index (χ1n) is 9.14. The number of benzene rings is 1. The number of nitrogens with zero attached hydrogens (tertiary/aromatic N) is 3. The fraction of sp³-hybridized carbons (Fsp3) is 0.300. The van der Waals surface area contributed by atoms with Gasteiger partial charge in [0.15, 0.2) is 0 Å². The Kier molecular flexibility index (Phi) is 4.72. The Bertz CT molecular complexity index is 1120. The van der Waals surface area contributed by atoms with E-state index >= 15 is 0 Å². The molecule has 2 amide bonds. The Morgan fingerprint density at radius 2 is 2.04 bits per heavy atom. The number of nitrogens with one attached hydrogen (secondary N) is 1. The summed E-state index contributed by atoms with van der Waals surface area (Å²) < 4.78 is 1.11. The molecule has 1 fully saturated rings. The minimum absolute atomic E-state index is 0.102. The molecule has 8 heteroatoms. The number of hydrogen-bond acceptors (Lipinski definition) is 5. The van der Waals surface area contributed by atoms with Gasteiger partial charge in [0.25, 0.3) is 5.56 Å². The highest BCUT2D eigenvalue weighted by Crippen LogP contribution is 2.26. The van der Waals surface area contributed by atoms with Crippen LogP contribution in [0, 0.1) is 12.8 Å². The Morgan fingerprint density at radius 3 is 2.75 bits per heavy atom. The molecule has 1 N–H and O–H groups in total. The van der Waals surface area contributed by atoms with E-state index in [1.165, 1.54) is 17.7 Å². The van der Waals surface area contributed by atoms with E-state index in [4.69, 9.17) is 0 Å². The van der Waals surface area contributed by atoms with Crippen LogP contribution in [0.15, 0.2) is 41.5 Å². The maximum atomic E-state index is 12.7. The summed E-state index contributed by atoms with van der Waals surface area (Å²) in [5.41, 5.74) is 4.17. The van der Waals surface area contributed by atoms with Gasteiger partial charge in [-0.25, -0.2) is 9.66 Å². The number of anilines is 1. The van der Waals surface area contributed by atoms with Crippen molar-refractivity contribution < 1.29 is 9.59 Å². The molecule has 1 atom stereocenters. The number of aromatic nitrogens is 2. The van der Waals surface area contributed by atoms with Crippen LogP contribution in [0.3, 0.4) is 0 Å². The molecular formula is C20H20N4O3S. The van der Waals surface area contributed by atoms with Gasteiger partial charge in [-0.3, -0.25) is 19.8 Å². The van der Waals surface area contributed by atoms with Crippen LogP contribution in [0.2, 0.25) is 0 Å². The summed E-state index contributed by atoms with van der Waals surface area (Å²) in [5, 5.41) is 0.494. The molecule has 1 aliphatic rings. The second-order valence-electron chi connectivity index (χ2n) is 6.92. The van der Waals surface area contributed by atoms with Gasteiger partial charge in [-0.1, -0.05) is 24.6 Å². The van der Waals surface area contributed by atoms with Crippen molar-refractivity contribution >= 4 is 39.1 Å². The number of thiophene rings is 1. The number of hydrogen-bond donors (Lipinski definition) is 1. The Morgan fingerprint density at radius 1 is 1.29 bits per heavy atom. The Hall–Kier alpha value is -3.00. The molecule has 0 spiro atoms. The average molecular weight is 396 g/mol. The van der Waals surface area contributed by atoms with Crippen LogP contribution in [-0.4, -0.2) is 28.0 Å². The van der Waals surface area contributed by atoms with Gasteiger partial charge in [-0.2, -0.15) is 0 Å². The Balaban J connectivity index is 1.52. The molecule has 3 aromatic rings. The minimum Gasteiger partial charge on any atom is -0.312 e. The maximum absolute atomic E-state index is 12.7. The van der Waals surface area contributed by atoms with E-state index in [1.54, 1.807) is 4.90 Å². The van der Waals surface area contributed by atoms with E-state index < -0.39 is 5.92 Å². The predicted molar refractivity (Wildman–Crippen MR) is 109 cm³/mol. The topological polar surface area (TPSA) is 84.3 Å². The molecule has 144 valence electrons. The summed E-state index contributed by atoms with van der Waals surface area (Å²) >= 11 is 1.48. The van der Waals surface area contributed by atoms with Gasteiger partial charge >= 0.3 is 0 Å². The number of fused-ring (bicyclic) bond motifs is 1. The van der Waals surface area contributed by atoms with E-state index in [1.807, 2.05) is 44.2 Å². The van der Waals surface area contributed by atoms with E-state index in [-0.39, 0.29) is 30.3 Å². The van der Waals surface area contributed by atoms with E-state index in [2.05, 4.69) is 10.4 Å². The SMILES string of the molecule is CCc1cc2c(=O)n(NC(=O)[C@H]3CC(=O)N(c4ccc(C)cc4)C3)cnc2s1. The highest BCUT2D eigenvalue weighted by molar-refractivity contribution is 7.18. The lowest BCUT2D eigenvalue weighted by Crippen LogP contribution is -2.37. The summed E-state index contributed by atoms with van der Waals surface area (Å²) in [5.74, 6) is -0.988. The lowest BCUT2D eigenvalue weighted by Gasteiger charge is -2.17. The van der Waals surface area contributed by atoms with Crippen molar-refractivity contribution in [3.63, 3.8) is 0 Å². The Labute approximate surface area is 165 Å². The minimum atomic E-state index is -0.523. The second kappa shape index (κ2) is 7.20. The first-order valence-corrected chi connectivity index (χ1v) is 9.96. The van der Waals surface area contributed by atoms with Crippen LogP contribution in [0.25, 0.3) is 10.2 Å². The molecule has 0 saturated carbocycles. The first kappa shape index (κ1) is 18.4. The lowest BCUT2D eigenvalue weighted by atomic mass is 10.1. The quantitative estimate of drug-likeness (QED) is 0.734. The monoisotopic (exact) mass is 396 g/mol. The number of carbonyl (C=O) groups excluding carboxylic acids is 2. The van der Waals surface area contributed by atoms with E-state index in [9.17, 15) is 14.4 Å². The van der Waals surface area contributed by atoms with Gasteiger partial charge in [0.1, 0.15) is 11.2 Å². The zero-order chi connectivity index (χ0) is 19.8. The molecule has 0 unspecified atom stereocenters. The molecule has 4 rings (SSSR count). The average Bonchev–Trinajstić information content (AvgIpc) is 3.28. The molecule has 28 heavy (non-hydrogen) atoms. The van der Waals surface area contributed by atoms with Crippen molar-refractivity contribution in [3.8, 4) is 0 Å². The zero-order valence-electron chi connectivity index (χ0n) is 15.6. The summed E-state index contributed by atoms with van der Waals surface area (Å²) in [6, 6.07) is 9.43. The summed E-state index contributed by atoms with van der Waals surface area (Å²) in [4.78, 5) is 45.3. The molecule has 0 radical (unpaired) electrons. The van der Waals surface area contributed by atoms with Gasteiger partial charge in [-0.15, -0.1) is 11.3 Å². The van der Waals surface area contributed by atoms with Gasteiger partial charge < -0.3 is 4.90 Å². The van der Waals surface area contributed by atoms with Crippen molar-refractivity contribution in [2.24, 2.45) is 5.92 Å². The number of aryl methyl sites for hydroxylation is 2. The molecule has 7 nitrogen and oxygen atoms in total. The van der Waals surface area contributed by atoms with Gasteiger partial charge in [0.2, 0.25) is 11.8 Å². The predicted octanol–water partition coefficient (Wildman–Crippen LogP) is 2.45. The third-order valence-electron chi connectivity index (χ3n) is 4.92. The molecule has 1 saturated heterocycles. The van der Waals surface area contributed by atoms with Gasteiger partial charge in [0.05, 0.1) is 11.3 Å². The third kappa shape index (κ3) is 3.31. The van der Waals surface area contributed by atoms with Crippen LogP contribution >= 0.6 is 11.3 Å². The van der Waals surface area contributed by atoms with Crippen LogP contribution in [-0.2, 0) is 16.0 Å². The fourth-order valence-corrected chi connectivity index (χ4v) is 4.22. The van der Waals surface area contributed by atoms with Crippen molar-refractivity contribution in [2.45, 2.75) is 26.7 Å². The van der Waals surface area contributed by atoms with Crippen LogP contribution in [0.1, 0.15) is 23.8 Å². The largest absolute Gasteiger partial charge is 0.312 e. The highest BCUT2D eigenvalue weighted by Gasteiger charge is 2.35. The number of rotatable bonds is 4. The molecular weight excluding hydrogens is 376 g/mol. The molecule has 0 aliphatic carbocycles. The summed E-state index contributed by atoms with van der Waals surface area (Å²) in [6.45, 7) is 4.28. The van der Waals surface area contributed by atoms with Crippen LogP contribution < -0.4 is 15.9 Å². The molecule has 3 heterocycles. The smallest absolute Gasteiger partial charge is 0.280 e. The van der Waals surface area contributed by atoms with Crippen LogP contribution in [0.5, 0.6) is 0 Å². The molecule has 2 aromatic heterocycles. The van der Waals surface area contributed by atoms with Crippen molar-refractivity contribution in [3.05, 3.63) is 57.5 Å². The zero-order valence-corrected chi connectivity index (χ0v) is 16.5. The van der Waals surface area contributed by atoms with Gasteiger partial charge in [0, 0.05) is 23.5 Å². The molecule has 1 aliphatic heterocycles. The molecule has 1 aromatic carbocycles. The maximum Gasteiger partial charge on any atom is 0.280 e. The third-order valence-corrected chi connectivity index (χ3v) is 6.11. The lowest BCUT2D eigenvalue weighted by molar-refractivity contribution is -0.123. The van der Waals surface area contributed by atoms with E-state index in [0.29, 0.717) is 10.2 Å². The summed E-state index contributed by atoms with van der Waals surface area (Å²) in [6.07, 6.45) is 2.27. The van der Waals surface area contributed by atoms with Crippen LogP contribution in [0.4, 0.5) is 5.69 Å². The highest BCUT2D eigenvalue weighted by atomic mass is 32.1. The standard InChI is InChI=1S/C20H20N4O3S/c1-3-15-9-16-19(28-15)21-11-24(20(16)27)22-18(26)13-8-17(25)23(10-13)14-6-4-12(2)5-7-14/h4-7,9,11,13H,3,8,10H2,1-2H3,(H,22,26)/t13-/m0/s1. The number of carbonyl (C=O) groups is 2. The van der Waals surface area contributed by atoms with Crippen molar-refractivity contribution in [1.82, 2.24) is 9.66 Å². The van der Waals surface area contributed by atoms with Gasteiger partial charge in [-0.05, 0) is 31.5 Å². The van der Waals surface area contributed by atoms with Crippen molar-refractivity contribution in [2.75, 3.05) is 16.9 Å². The molecule has 0 bridgehead atoms.